The van der Waals surface area contributed by atoms with Crippen LogP contribution in [0.15, 0.2) is 48.0 Å². The maximum atomic E-state index is 13.0. The predicted molar refractivity (Wildman–Crippen MR) is 119 cm³/mol. The molecule has 31 heavy (non-hydrogen) atoms. The van der Waals surface area contributed by atoms with E-state index in [-0.39, 0.29) is 11.3 Å². The Morgan fingerprint density at radius 3 is 2.42 bits per heavy atom. The number of ether oxygens (including phenoxy) is 2. The number of benzene rings is 2. The van der Waals surface area contributed by atoms with Crippen molar-refractivity contribution in [2.24, 2.45) is 0 Å². The van der Waals surface area contributed by atoms with E-state index >= 15 is 0 Å². The van der Waals surface area contributed by atoms with E-state index in [1.165, 1.54) is 18.1 Å². The highest BCUT2D eigenvalue weighted by molar-refractivity contribution is 6.46. The van der Waals surface area contributed by atoms with Gasteiger partial charge in [0.25, 0.3) is 11.7 Å². The molecule has 3 rings (SSSR count). The first-order valence-corrected chi connectivity index (χ1v) is 10.5. The van der Waals surface area contributed by atoms with Crippen LogP contribution in [0.1, 0.15) is 36.1 Å². The molecule has 0 aliphatic carbocycles. The zero-order valence-electron chi connectivity index (χ0n) is 17.9. The molecule has 2 aromatic carbocycles. The Hall–Kier alpha value is -2.83. The Morgan fingerprint density at radius 2 is 1.84 bits per heavy atom. The van der Waals surface area contributed by atoms with Crippen LogP contribution < -0.4 is 4.74 Å². The standard InChI is InChI=1S/C24H26ClNO5/c1-4-15-6-8-16(9-7-15)21-20(23(28)24(29)26(21)12-5-13-30-2)22(27)17-10-11-19(31-3)18(25)14-17/h6-11,14,21,27H,4-5,12-13H2,1-3H3/b22-20-. The Labute approximate surface area is 187 Å². The van der Waals surface area contributed by atoms with E-state index in [1.54, 1.807) is 19.2 Å². The topological polar surface area (TPSA) is 76.1 Å². The van der Waals surface area contributed by atoms with Gasteiger partial charge in [-0.2, -0.15) is 0 Å². The summed E-state index contributed by atoms with van der Waals surface area (Å²) in [7, 11) is 3.08. The van der Waals surface area contributed by atoms with Crippen molar-refractivity contribution in [2.45, 2.75) is 25.8 Å². The minimum Gasteiger partial charge on any atom is -0.507 e. The second kappa shape index (κ2) is 9.98. The molecule has 1 amide bonds. The Bertz CT molecular complexity index is 1000. The summed E-state index contributed by atoms with van der Waals surface area (Å²) in [6.07, 6.45) is 1.44. The molecular weight excluding hydrogens is 418 g/mol. The van der Waals surface area contributed by atoms with Crippen LogP contribution in [0.4, 0.5) is 0 Å². The Kier molecular flexibility index (Phi) is 7.36. The second-order valence-electron chi connectivity index (χ2n) is 7.28. The molecule has 1 N–H and O–H groups in total. The highest BCUT2D eigenvalue weighted by Gasteiger charge is 2.45. The van der Waals surface area contributed by atoms with Crippen LogP contribution in [0.3, 0.4) is 0 Å². The van der Waals surface area contributed by atoms with Gasteiger partial charge in [-0.1, -0.05) is 42.8 Å². The van der Waals surface area contributed by atoms with Gasteiger partial charge in [0.05, 0.1) is 23.7 Å². The number of carbonyl (C=O) groups excluding carboxylic acids is 2. The normalized spacial score (nSPS) is 17.9. The average Bonchev–Trinajstić information content (AvgIpc) is 3.03. The summed E-state index contributed by atoms with van der Waals surface area (Å²) in [4.78, 5) is 27.3. The third kappa shape index (κ3) is 4.60. The smallest absolute Gasteiger partial charge is 0.295 e. The maximum Gasteiger partial charge on any atom is 0.295 e. The van der Waals surface area contributed by atoms with Crippen LogP contribution in [0.2, 0.25) is 5.02 Å². The van der Waals surface area contributed by atoms with Gasteiger partial charge < -0.3 is 19.5 Å². The van der Waals surface area contributed by atoms with Crippen LogP contribution in [0.5, 0.6) is 5.75 Å². The molecule has 1 saturated heterocycles. The number of nitrogens with zero attached hydrogens (tertiary/aromatic N) is 1. The number of carbonyl (C=O) groups is 2. The third-order valence-corrected chi connectivity index (χ3v) is 5.71. The minimum absolute atomic E-state index is 0.0490. The van der Waals surface area contributed by atoms with Crippen molar-refractivity contribution in [2.75, 3.05) is 27.4 Å². The molecule has 0 saturated carbocycles. The van der Waals surface area contributed by atoms with Crippen LogP contribution in [0.25, 0.3) is 5.76 Å². The van der Waals surface area contributed by atoms with Gasteiger partial charge >= 0.3 is 0 Å². The van der Waals surface area contributed by atoms with Gasteiger partial charge in [-0.05, 0) is 42.2 Å². The zero-order chi connectivity index (χ0) is 22.5. The highest BCUT2D eigenvalue weighted by atomic mass is 35.5. The van der Waals surface area contributed by atoms with Crippen LogP contribution in [-0.4, -0.2) is 49.1 Å². The lowest BCUT2D eigenvalue weighted by molar-refractivity contribution is -0.140. The molecule has 0 radical (unpaired) electrons. The first kappa shape index (κ1) is 22.8. The Morgan fingerprint density at radius 1 is 1.13 bits per heavy atom. The van der Waals surface area contributed by atoms with Crippen molar-refractivity contribution >= 4 is 29.1 Å². The molecule has 1 aliphatic heterocycles. The van der Waals surface area contributed by atoms with Crippen LogP contribution in [0, 0.1) is 0 Å². The van der Waals surface area contributed by atoms with Gasteiger partial charge in [-0.15, -0.1) is 0 Å². The first-order chi connectivity index (χ1) is 14.9. The number of hydrogen-bond acceptors (Lipinski definition) is 5. The molecule has 1 heterocycles. The number of amides is 1. The third-order valence-electron chi connectivity index (χ3n) is 5.42. The van der Waals surface area contributed by atoms with E-state index in [1.807, 2.05) is 24.3 Å². The van der Waals surface area contributed by atoms with E-state index in [2.05, 4.69) is 6.92 Å². The molecule has 1 aliphatic rings. The maximum absolute atomic E-state index is 13.0. The van der Waals surface area contributed by atoms with Gasteiger partial charge in [0.2, 0.25) is 0 Å². The highest BCUT2D eigenvalue weighted by Crippen LogP contribution is 2.40. The number of aliphatic hydroxyl groups excluding tert-OH is 1. The summed E-state index contributed by atoms with van der Waals surface area (Å²) in [6, 6.07) is 11.8. The summed E-state index contributed by atoms with van der Waals surface area (Å²) in [5, 5.41) is 11.4. The van der Waals surface area contributed by atoms with Crippen molar-refractivity contribution in [3.05, 3.63) is 69.8 Å². The molecule has 1 atom stereocenters. The predicted octanol–water partition coefficient (Wildman–Crippen LogP) is 4.37. The van der Waals surface area contributed by atoms with Crippen molar-refractivity contribution in [3.63, 3.8) is 0 Å². The number of aliphatic hydroxyl groups is 1. The number of ketones is 1. The minimum atomic E-state index is -0.716. The van der Waals surface area contributed by atoms with Crippen molar-refractivity contribution in [1.29, 1.82) is 0 Å². The summed E-state index contributed by atoms with van der Waals surface area (Å²) in [5.41, 5.74) is 2.29. The quantitative estimate of drug-likeness (QED) is 0.284. The fraction of sp³-hybridized carbons (Fsp3) is 0.333. The van der Waals surface area contributed by atoms with Gasteiger partial charge in [0, 0.05) is 25.8 Å². The molecule has 0 bridgehead atoms. The molecule has 1 unspecified atom stereocenters. The molecule has 164 valence electrons. The second-order valence-corrected chi connectivity index (χ2v) is 7.69. The molecule has 6 nitrogen and oxygen atoms in total. The molecule has 0 spiro atoms. The number of aryl methyl sites for hydroxylation is 1. The fourth-order valence-corrected chi connectivity index (χ4v) is 4.00. The van der Waals surface area contributed by atoms with E-state index in [0.29, 0.717) is 35.9 Å². The van der Waals surface area contributed by atoms with E-state index in [4.69, 9.17) is 21.1 Å². The molecule has 0 aromatic heterocycles. The number of halogens is 1. The first-order valence-electron chi connectivity index (χ1n) is 10.1. The number of rotatable bonds is 8. The number of likely N-dealkylation sites (tertiary alicyclic amines) is 1. The zero-order valence-corrected chi connectivity index (χ0v) is 18.6. The van der Waals surface area contributed by atoms with E-state index in [0.717, 1.165) is 17.5 Å². The van der Waals surface area contributed by atoms with Crippen molar-refractivity contribution in [3.8, 4) is 5.75 Å². The summed E-state index contributed by atoms with van der Waals surface area (Å²) < 4.78 is 10.3. The summed E-state index contributed by atoms with van der Waals surface area (Å²) in [6.45, 7) is 2.84. The lowest BCUT2D eigenvalue weighted by Gasteiger charge is -2.25. The molecular formula is C24H26ClNO5. The number of hydrogen-bond donors (Lipinski definition) is 1. The average molecular weight is 444 g/mol. The molecule has 7 heteroatoms. The van der Waals surface area contributed by atoms with E-state index in [9.17, 15) is 14.7 Å². The SMILES string of the molecule is CCc1ccc(C2/C(=C(/O)c3ccc(OC)c(Cl)c3)C(=O)C(=O)N2CCCOC)cc1. The lowest BCUT2D eigenvalue weighted by Crippen LogP contribution is -2.31. The number of Topliss-reactive ketones (excluding diaryl/α,β-unsaturated/α-hetero) is 1. The van der Waals surface area contributed by atoms with Gasteiger partial charge in [-0.3, -0.25) is 9.59 Å². The number of methoxy groups -OCH3 is 2. The van der Waals surface area contributed by atoms with Gasteiger partial charge in [0.1, 0.15) is 11.5 Å². The summed E-state index contributed by atoms with van der Waals surface area (Å²) in [5.74, 6) is -1.17. The molecule has 2 aromatic rings. The van der Waals surface area contributed by atoms with Gasteiger partial charge in [0.15, 0.2) is 0 Å². The van der Waals surface area contributed by atoms with Crippen LogP contribution >= 0.6 is 11.6 Å². The largest absolute Gasteiger partial charge is 0.507 e. The van der Waals surface area contributed by atoms with Gasteiger partial charge in [-0.25, -0.2) is 0 Å². The summed E-state index contributed by atoms with van der Waals surface area (Å²) >= 11 is 6.21. The van der Waals surface area contributed by atoms with Crippen molar-refractivity contribution in [1.82, 2.24) is 4.90 Å². The van der Waals surface area contributed by atoms with Crippen LogP contribution in [-0.2, 0) is 20.7 Å². The lowest BCUT2D eigenvalue weighted by atomic mass is 9.94. The fourth-order valence-electron chi connectivity index (χ4n) is 3.74. The monoisotopic (exact) mass is 443 g/mol. The Balaban J connectivity index is 2.11. The molecule has 1 fully saturated rings. The van der Waals surface area contributed by atoms with Crippen molar-refractivity contribution < 1.29 is 24.2 Å². The van der Waals surface area contributed by atoms with E-state index < -0.39 is 17.7 Å².